The van der Waals surface area contributed by atoms with Crippen molar-refractivity contribution in [3.8, 4) is 11.5 Å². The van der Waals surface area contributed by atoms with E-state index in [0.29, 0.717) is 30.3 Å². The molecule has 0 radical (unpaired) electrons. The highest BCUT2D eigenvalue weighted by atomic mass is 79.9. The lowest BCUT2D eigenvalue weighted by molar-refractivity contribution is 0.171. The van der Waals surface area contributed by atoms with Gasteiger partial charge in [0.2, 0.25) is 0 Å². The van der Waals surface area contributed by atoms with Gasteiger partial charge in [0.25, 0.3) is 0 Å². The molecule has 2 aromatic carbocycles. The lowest BCUT2D eigenvalue weighted by Crippen LogP contribution is -2.15. The van der Waals surface area contributed by atoms with Crippen LogP contribution >= 0.6 is 15.9 Å². The molecule has 1 aliphatic heterocycles. The van der Waals surface area contributed by atoms with E-state index in [2.05, 4.69) is 15.9 Å². The average molecular weight is 341 g/mol. The van der Waals surface area contributed by atoms with Gasteiger partial charge in [-0.2, -0.15) is 0 Å². The number of hydrogen-bond acceptors (Lipinski definition) is 2. The van der Waals surface area contributed by atoms with E-state index < -0.39 is 11.6 Å². The molecular formula is C15H11BrF2O2. The number of alkyl halides is 1. The van der Waals surface area contributed by atoms with Crippen LogP contribution in [0.15, 0.2) is 36.4 Å². The van der Waals surface area contributed by atoms with E-state index in [9.17, 15) is 8.78 Å². The van der Waals surface area contributed by atoms with Gasteiger partial charge in [0.15, 0.2) is 23.1 Å². The Morgan fingerprint density at radius 1 is 0.850 bits per heavy atom. The molecule has 1 heterocycles. The Bertz CT molecular complexity index is 646. The summed E-state index contributed by atoms with van der Waals surface area (Å²) in [7, 11) is 0. The van der Waals surface area contributed by atoms with Crippen molar-refractivity contribution in [2.24, 2.45) is 0 Å². The molecule has 0 spiro atoms. The van der Waals surface area contributed by atoms with Gasteiger partial charge in [0, 0.05) is 0 Å². The van der Waals surface area contributed by atoms with E-state index in [4.69, 9.17) is 9.47 Å². The van der Waals surface area contributed by atoms with Crippen molar-refractivity contribution in [1.29, 1.82) is 0 Å². The predicted octanol–water partition coefficient (Wildman–Crippen LogP) is 4.22. The number of benzene rings is 2. The van der Waals surface area contributed by atoms with Crippen molar-refractivity contribution in [1.82, 2.24) is 0 Å². The summed E-state index contributed by atoms with van der Waals surface area (Å²) in [4.78, 5) is -0.242. The maximum Gasteiger partial charge on any atom is 0.161 e. The summed E-state index contributed by atoms with van der Waals surface area (Å²) in [6, 6.07) is 9.39. The fourth-order valence-electron chi connectivity index (χ4n) is 2.08. The molecule has 0 aliphatic carbocycles. The first-order valence-electron chi connectivity index (χ1n) is 6.14. The van der Waals surface area contributed by atoms with Crippen LogP contribution in [-0.4, -0.2) is 13.2 Å². The van der Waals surface area contributed by atoms with Crippen LogP contribution in [0.1, 0.15) is 16.0 Å². The molecule has 1 aliphatic rings. The molecule has 1 unspecified atom stereocenters. The average Bonchev–Trinajstić information content (AvgIpc) is 2.49. The minimum absolute atomic E-state index is 0.242. The second kappa shape index (κ2) is 5.40. The first-order valence-corrected chi connectivity index (χ1v) is 7.05. The Labute approximate surface area is 123 Å². The van der Waals surface area contributed by atoms with Crippen molar-refractivity contribution < 1.29 is 18.3 Å². The molecule has 2 nitrogen and oxygen atoms in total. The lowest BCUT2D eigenvalue weighted by Gasteiger charge is -2.20. The minimum Gasteiger partial charge on any atom is -0.486 e. The number of rotatable bonds is 2. The summed E-state index contributed by atoms with van der Waals surface area (Å²) in [5, 5.41) is 0. The summed E-state index contributed by atoms with van der Waals surface area (Å²) >= 11 is 3.50. The van der Waals surface area contributed by atoms with Crippen LogP contribution in [0.25, 0.3) is 0 Å². The van der Waals surface area contributed by atoms with Crippen LogP contribution < -0.4 is 9.47 Å². The molecule has 1 atom stereocenters. The summed E-state index contributed by atoms with van der Waals surface area (Å²) in [5.74, 6) is -0.342. The molecule has 2 aromatic rings. The second-order valence-electron chi connectivity index (χ2n) is 4.44. The maximum absolute atomic E-state index is 13.3. The number of halogens is 3. The van der Waals surface area contributed by atoms with Crippen LogP contribution in [0.4, 0.5) is 8.78 Å². The fraction of sp³-hybridized carbons (Fsp3) is 0.200. The Balaban J connectivity index is 1.93. The molecule has 0 saturated carbocycles. The summed E-state index contributed by atoms with van der Waals surface area (Å²) in [6.07, 6.45) is 0. The molecule has 20 heavy (non-hydrogen) atoms. The van der Waals surface area contributed by atoms with E-state index in [1.165, 1.54) is 6.07 Å². The fourth-order valence-corrected chi connectivity index (χ4v) is 2.65. The van der Waals surface area contributed by atoms with Gasteiger partial charge in [-0.25, -0.2) is 8.78 Å². The molecule has 5 heteroatoms. The molecule has 0 N–H and O–H groups in total. The van der Waals surface area contributed by atoms with Gasteiger partial charge in [-0.05, 0) is 35.4 Å². The van der Waals surface area contributed by atoms with Gasteiger partial charge in [-0.3, -0.25) is 0 Å². The topological polar surface area (TPSA) is 18.5 Å². The van der Waals surface area contributed by atoms with Gasteiger partial charge in [-0.15, -0.1) is 0 Å². The molecule has 0 amide bonds. The zero-order chi connectivity index (χ0) is 14.1. The van der Waals surface area contributed by atoms with E-state index in [0.717, 1.165) is 11.6 Å². The monoisotopic (exact) mass is 340 g/mol. The van der Waals surface area contributed by atoms with Crippen molar-refractivity contribution in [3.63, 3.8) is 0 Å². The van der Waals surface area contributed by atoms with Gasteiger partial charge in [-0.1, -0.05) is 28.1 Å². The smallest absolute Gasteiger partial charge is 0.161 e. The predicted molar refractivity (Wildman–Crippen MR) is 74.6 cm³/mol. The van der Waals surface area contributed by atoms with Crippen molar-refractivity contribution in [3.05, 3.63) is 59.2 Å². The Kier molecular flexibility index (Phi) is 3.61. The van der Waals surface area contributed by atoms with Crippen LogP contribution in [0.5, 0.6) is 11.5 Å². The SMILES string of the molecule is Fc1ccc(C(Br)c2ccc3c(c2)OCCO3)cc1F. The Morgan fingerprint density at radius 3 is 2.25 bits per heavy atom. The van der Waals surface area contributed by atoms with Crippen molar-refractivity contribution in [2.75, 3.05) is 13.2 Å². The molecule has 0 saturated heterocycles. The third-order valence-corrected chi connectivity index (χ3v) is 4.15. The Morgan fingerprint density at radius 2 is 1.50 bits per heavy atom. The quantitative estimate of drug-likeness (QED) is 0.762. The van der Waals surface area contributed by atoms with Crippen molar-refractivity contribution in [2.45, 2.75) is 4.83 Å². The van der Waals surface area contributed by atoms with Gasteiger partial charge < -0.3 is 9.47 Å². The summed E-state index contributed by atoms with van der Waals surface area (Å²) < 4.78 is 37.2. The third kappa shape index (κ3) is 2.50. The summed E-state index contributed by atoms with van der Waals surface area (Å²) in [5.41, 5.74) is 1.53. The van der Waals surface area contributed by atoms with Crippen LogP contribution in [0.2, 0.25) is 0 Å². The highest BCUT2D eigenvalue weighted by Gasteiger charge is 2.17. The van der Waals surface area contributed by atoms with Gasteiger partial charge in [0.05, 0.1) is 4.83 Å². The van der Waals surface area contributed by atoms with E-state index in [1.807, 2.05) is 18.2 Å². The van der Waals surface area contributed by atoms with Crippen LogP contribution in [-0.2, 0) is 0 Å². The lowest BCUT2D eigenvalue weighted by atomic mass is 10.0. The first kappa shape index (κ1) is 13.4. The normalized spacial score (nSPS) is 14.9. The zero-order valence-corrected chi connectivity index (χ0v) is 12.0. The second-order valence-corrected chi connectivity index (χ2v) is 5.35. The molecule has 0 bridgehead atoms. The largest absolute Gasteiger partial charge is 0.486 e. The van der Waals surface area contributed by atoms with E-state index in [-0.39, 0.29) is 4.83 Å². The number of ether oxygens (including phenoxy) is 2. The molecule has 0 aromatic heterocycles. The maximum atomic E-state index is 13.3. The third-order valence-electron chi connectivity index (χ3n) is 3.10. The standard InChI is InChI=1S/C15H11BrF2O2/c16-15(9-1-3-11(17)12(18)7-9)10-2-4-13-14(8-10)20-6-5-19-13/h1-4,7-8,15H,5-6H2. The molecular weight excluding hydrogens is 330 g/mol. The van der Waals surface area contributed by atoms with Gasteiger partial charge in [0.1, 0.15) is 13.2 Å². The van der Waals surface area contributed by atoms with Crippen LogP contribution in [0, 0.1) is 11.6 Å². The molecule has 0 fully saturated rings. The highest BCUT2D eigenvalue weighted by molar-refractivity contribution is 9.09. The van der Waals surface area contributed by atoms with Crippen LogP contribution in [0.3, 0.4) is 0 Å². The number of hydrogen-bond donors (Lipinski definition) is 0. The molecule has 104 valence electrons. The molecule has 3 rings (SSSR count). The summed E-state index contributed by atoms with van der Waals surface area (Å²) in [6.45, 7) is 1.04. The van der Waals surface area contributed by atoms with E-state index >= 15 is 0 Å². The number of fused-ring (bicyclic) bond motifs is 1. The Hall–Kier alpha value is -1.62. The first-order chi connectivity index (χ1) is 9.65. The highest BCUT2D eigenvalue weighted by Crippen LogP contribution is 2.37. The van der Waals surface area contributed by atoms with Gasteiger partial charge >= 0.3 is 0 Å². The minimum atomic E-state index is -0.857. The zero-order valence-electron chi connectivity index (χ0n) is 10.4. The van der Waals surface area contributed by atoms with E-state index in [1.54, 1.807) is 6.07 Å². The van der Waals surface area contributed by atoms with Crippen molar-refractivity contribution >= 4 is 15.9 Å².